The monoisotopic (exact) mass is 149 g/mol. The van der Waals surface area contributed by atoms with Crippen molar-refractivity contribution >= 4 is 18.2 Å². The van der Waals surface area contributed by atoms with Crippen molar-refractivity contribution in [2.45, 2.75) is 6.92 Å². The van der Waals surface area contributed by atoms with E-state index in [1.165, 1.54) is 19.4 Å². The Hall–Kier alpha value is -1.60. The van der Waals surface area contributed by atoms with Crippen LogP contribution in [0.3, 0.4) is 0 Å². The van der Waals surface area contributed by atoms with Crippen LogP contribution in [0.5, 0.6) is 0 Å². The van der Waals surface area contributed by atoms with Gasteiger partial charge in [-0.25, -0.2) is 0 Å². The van der Waals surface area contributed by atoms with E-state index in [9.17, 15) is 4.79 Å². The molecular weight excluding hydrogens is 140 g/mol. The van der Waals surface area contributed by atoms with Gasteiger partial charge in [0.15, 0.2) is 5.78 Å². The number of allylic oxidation sites excluding steroid dienone is 4. The molecule has 0 fully saturated rings. The average molecular weight is 149 g/mol. The summed E-state index contributed by atoms with van der Waals surface area (Å²) in [6.07, 6.45) is 6.32. The van der Waals surface area contributed by atoms with E-state index in [1.54, 1.807) is 12.2 Å². The zero-order valence-electron chi connectivity index (χ0n) is 6.24. The number of Topliss-reactive ketones (excluding diaryl/α,β-unsaturated/α-hetero) is 1. The molecule has 0 atom stereocenters. The van der Waals surface area contributed by atoms with Gasteiger partial charge in [0.25, 0.3) is 0 Å². The third kappa shape index (κ3) is 1.92. The molecular formula is C8H9N2O+. The van der Waals surface area contributed by atoms with E-state index in [0.717, 1.165) is 0 Å². The minimum Gasteiger partial charge on any atom is -0.393 e. The smallest absolute Gasteiger partial charge is 0.315 e. The molecule has 0 unspecified atom stereocenters. The van der Waals surface area contributed by atoms with Crippen LogP contribution in [0.25, 0.3) is 0 Å². The maximum absolute atomic E-state index is 10.8. The number of rotatable bonds is 1. The second-order valence-corrected chi connectivity index (χ2v) is 2.25. The molecule has 0 saturated carbocycles. The Morgan fingerprint density at radius 1 is 1.45 bits per heavy atom. The largest absolute Gasteiger partial charge is 0.393 e. The molecule has 0 aromatic rings. The molecule has 0 spiro atoms. The summed E-state index contributed by atoms with van der Waals surface area (Å²) in [5, 5.41) is 0. The number of nitrogens with zero attached hydrogens (tertiary/aromatic N) is 1. The molecule has 0 aromatic heterocycles. The zero-order valence-corrected chi connectivity index (χ0v) is 6.24. The molecule has 0 aliphatic carbocycles. The van der Waals surface area contributed by atoms with Gasteiger partial charge < -0.3 is 5.73 Å². The lowest BCUT2D eigenvalue weighted by molar-refractivity contribution is -0.113. The van der Waals surface area contributed by atoms with E-state index < -0.39 is 0 Å². The van der Waals surface area contributed by atoms with Crippen molar-refractivity contribution in [3.63, 3.8) is 0 Å². The molecule has 3 nitrogen and oxygen atoms in total. The minimum atomic E-state index is -0.00639. The van der Waals surface area contributed by atoms with Crippen molar-refractivity contribution in [2.75, 3.05) is 0 Å². The number of nitrogens with two attached hydrogens (primary N) is 1. The fraction of sp³-hybridized carbons (Fsp3) is 0.125. The fourth-order valence-electron chi connectivity index (χ4n) is 0.684. The molecule has 0 amide bonds. The van der Waals surface area contributed by atoms with Gasteiger partial charge in [-0.05, 0) is 19.1 Å². The van der Waals surface area contributed by atoms with E-state index in [1.807, 2.05) is 0 Å². The van der Waals surface area contributed by atoms with Crippen LogP contribution in [0.2, 0.25) is 0 Å². The molecule has 1 aliphatic rings. The first-order valence-corrected chi connectivity index (χ1v) is 3.25. The van der Waals surface area contributed by atoms with Gasteiger partial charge in [0.1, 0.15) is 5.70 Å². The Kier molecular flexibility index (Phi) is 2.04. The highest BCUT2D eigenvalue weighted by molar-refractivity contribution is 6.13. The normalized spacial score (nSPS) is 15.4. The average Bonchev–Trinajstić information content (AvgIpc) is 2.13. The molecule has 3 heteroatoms. The Bertz CT molecular complexity index is 304. The molecule has 0 saturated heterocycles. The molecule has 2 N–H and O–H groups in total. The minimum absolute atomic E-state index is 0.00639. The first kappa shape index (κ1) is 7.51. The van der Waals surface area contributed by atoms with Crippen molar-refractivity contribution in [1.29, 1.82) is 0 Å². The second-order valence-electron chi connectivity index (χ2n) is 2.25. The van der Waals surface area contributed by atoms with Crippen LogP contribution in [0.1, 0.15) is 6.92 Å². The summed E-state index contributed by atoms with van der Waals surface area (Å²) >= 11 is 0. The molecule has 1 rings (SSSR count). The highest BCUT2D eigenvalue weighted by Crippen LogP contribution is 1.94. The van der Waals surface area contributed by atoms with Crippen molar-refractivity contribution in [3.8, 4) is 0 Å². The zero-order chi connectivity index (χ0) is 8.27. The third-order valence-corrected chi connectivity index (χ3v) is 1.30. The first-order valence-electron chi connectivity index (χ1n) is 3.25. The summed E-state index contributed by atoms with van der Waals surface area (Å²) in [6, 6.07) is 0. The predicted molar refractivity (Wildman–Crippen MR) is 45.3 cm³/mol. The summed E-state index contributed by atoms with van der Waals surface area (Å²) in [4.78, 5) is 10.8. The van der Waals surface area contributed by atoms with Crippen LogP contribution in [0, 0.1) is 0 Å². The number of hydrogen-bond acceptors (Lipinski definition) is 2. The molecule has 1 aliphatic heterocycles. The van der Waals surface area contributed by atoms with Gasteiger partial charge in [-0.15, -0.1) is 0 Å². The van der Waals surface area contributed by atoms with Gasteiger partial charge in [0.2, 0.25) is 0 Å². The van der Waals surface area contributed by atoms with Crippen molar-refractivity contribution in [1.82, 2.24) is 4.67 Å². The van der Waals surface area contributed by atoms with Crippen LogP contribution in [0.4, 0.5) is 0 Å². The topological polar surface area (TPSA) is 57.2 Å². The summed E-state index contributed by atoms with van der Waals surface area (Å²) < 4.78 is 3.82. The molecule has 0 radical (unpaired) electrons. The summed E-state index contributed by atoms with van der Waals surface area (Å²) in [6.45, 7) is 1.49. The van der Waals surface area contributed by atoms with E-state index in [-0.39, 0.29) is 5.78 Å². The van der Waals surface area contributed by atoms with Gasteiger partial charge in [0.05, 0.1) is 5.57 Å². The molecule has 0 bridgehead atoms. The lowest BCUT2D eigenvalue weighted by Crippen LogP contribution is -1.99. The van der Waals surface area contributed by atoms with Crippen molar-refractivity contribution in [3.05, 3.63) is 23.4 Å². The van der Waals surface area contributed by atoms with E-state index in [2.05, 4.69) is 4.67 Å². The van der Waals surface area contributed by atoms with E-state index in [4.69, 9.17) is 5.73 Å². The van der Waals surface area contributed by atoms with Gasteiger partial charge >= 0.3 is 12.4 Å². The van der Waals surface area contributed by atoms with Crippen molar-refractivity contribution < 1.29 is 4.79 Å². The van der Waals surface area contributed by atoms with Crippen LogP contribution < -0.4 is 10.4 Å². The van der Waals surface area contributed by atoms with Crippen LogP contribution in [0.15, 0.2) is 23.4 Å². The van der Waals surface area contributed by atoms with E-state index in [0.29, 0.717) is 11.3 Å². The standard InChI is InChI=1S/C8H8N2O/c1-6(11)7-2-3-8(9)5-10-4-7/h2-5,9H,1H3/p+1. The first-order chi connectivity index (χ1) is 5.20. The summed E-state index contributed by atoms with van der Waals surface area (Å²) in [5.74, 6) is -0.00639. The Morgan fingerprint density at radius 2 is 2.18 bits per heavy atom. The van der Waals surface area contributed by atoms with Crippen LogP contribution in [-0.4, -0.2) is 18.2 Å². The van der Waals surface area contributed by atoms with Crippen molar-refractivity contribution in [2.24, 2.45) is 5.73 Å². The summed E-state index contributed by atoms with van der Waals surface area (Å²) in [5.41, 5.74) is 6.56. The predicted octanol–water partition coefficient (Wildman–Crippen LogP) is -0.433. The van der Waals surface area contributed by atoms with Gasteiger partial charge in [0, 0.05) is 0 Å². The second kappa shape index (κ2) is 2.99. The van der Waals surface area contributed by atoms with Gasteiger partial charge in [-0.1, -0.05) is 4.67 Å². The number of carbonyl (C=O) groups excluding carboxylic acids is 1. The molecule has 0 aromatic carbocycles. The lowest BCUT2D eigenvalue weighted by atomic mass is 10.2. The molecule has 56 valence electrons. The molecule has 11 heavy (non-hydrogen) atoms. The lowest BCUT2D eigenvalue weighted by Gasteiger charge is -1.83. The quantitative estimate of drug-likeness (QED) is 0.514. The SMILES string of the molecule is CC(=O)C1=CC=C(N)C=[N+]=C1. The number of carbonyl (C=O) groups is 1. The maximum atomic E-state index is 10.8. The Labute approximate surface area is 64.7 Å². The fourth-order valence-corrected chi connectivity index (χ4v) is 0.684. The molecule has 1 heterocycles. The maximum Gasteiger partial charge on any atom is 0.315 e. The van der Waals surface area contributed by atoms with Crippen LogP contribution in [-0.2, 0) is 4.79 Å². The number of ketones is 1. The highest BCUT2D eigenvalue weighted by atomic mass is 16.1. The number of hydrogen-bond donors (Lipinski definition) is 1. The Morgan fingerprint density at radius 3 is 2.82 bits per heavy atom. The van der Waals surface area contributed by atoms with Gasteiger partial charge in [-0.3, -0.25) is 4.79 Å². The Balaban J connectivity index is 3.03. The third-order valence-electron chi connectivity index (χ3n) is 1.30. The van der Waals surface area contributed by atoms with E-state index >= 15 is 0 Å². The summed E-state index contributed by atoms with van der Waals surface area (Å²) in [7, 11) is 0. The van der Waals surface area contributed by atoms with Crippen LogP contribution >= 0.6 is 0 Å². The van der Waals surface area contributed by atoms with Gasteiger partial charge in [-0.2, -0.15) is 0 Å². The highest BCUT2D eigenvalue weighted by Gasteiger charge is 2.06.